The Kier molecular flexibility index (Phi) is 5.13. The average molecular weight is 377 g/mol. The summed E-state index contributed by atoms with van der Waals surface area (Å²) >= 11 is 3.46. The summed E-state index contributed by atoms with van der Waals surface area (Å²) in [7, 11) is 1.87. The van der Waals surface area contributed by atoms with Gasteiger partial charge in [0.05, 0.1) is 5.69 Å². The number of nitrogens with one attached hydrogen (secondary N) is 2. The molecule has 0 fully saturated rings. The van der Waals surface area contributed by atoms with Crippen LogP contribution in [0.3, 0.4) is 0 Å². The largest absolute Gasteiger partial charge is 0.349 e. The molecular weight excluding hydrogens is 356 g/mol. The van der Waals surface area contributed by atoms with Crippen molar-refractivity contribution in [1.29, 1.82) is 0 Å². The van der Waals surface area contributed by atoms with E-state index in [0.29, 0.717) is 12.2 Å². The van der Waals surface area contributed by atoms with Crippen molar-refractivity contribution in [2.75, 3.05) is 20.1 Å². The Morgan fingerprint density at radius 1 is 1.22 bits per heavy atom. The van der Waals surface area contributed by atoms with E-state index in [9.17, 15) is 4.79 Å². The molecule has 1 aliphatic carbocycles. The summed E-state index contributed by atoms with van der Waals surface area (Å²) < 4.78 is 2.97. The molecule has 0 radical (unpaired) electrons. The van der Waals surface area contributed by atoms with E-state index in [1.807, 2.05) is 36.0 Å². The highest BCUT2D eigenvalue weighted by atomic mass is 79.9. The summed E-state index contributed by atoms with van der Waals surface area (Å²) in [6.07, 6.45) is 4.18. The topological polar surface area (TPSA) is 58.9 Å². The monoisotopic (exact) mass is 376 g/mol. The zero-order valence-corrected chi connectivity index (χ0v) is 14.8. The van der Waals surface area contributed by atoms with Crippen molar-refractivity contribution in [1.82, 2.24) is 20.4 Å². The fraction of sp³-hybridized carbons (Fsp3) is 0.412. The fourth-order valence-electron chi connectivity index (χ4n) is 2.96. The number of nitrogens with zero attached hydrogens (tertiary/aromatic N) is 2. The minimum Gasteiger partial charge on any atom is -0.349 e. The van der Waals surface area contributed by atoms with Gasteiger partial charge in [-0.2, -0.15) is 5.10 Å². The van der Waals surface area contributed by atoms with Crippen LogP contribution in [0.5, 0.6) is 0 Å². The number of hydrogen-bond donors (Lipinski definition) is 2. The summed E-state index contributed by atoms with van der Waals surface area (Å²) in [5.74, 6) is -0.0748. The molecular formula is C17H21BrN4O. The molecule has 0 aliphatic heterocycles. The molecule has 0 unspecified atom stereocenters. The van der Waals surface area contributed by atoms with Gasteiger partial charge in [0.25, 0.3) is 5.91 Å². The lowest BCUT2D eigenvalue weighted by Gasteiger charge is -2.14. The van der Waals surface area contributed by atoms with Crippen molar-refractivity contribution in [3.63, 3.8) is 0 Å². The number of carbonyl (C=O) groups excluding carboxylic acids is 1. The normalized spacial score (nSPS) is 13.7. The minimum atomic E-state index is -0.0748. The number of amides is 1. The maximum absolute atomic E-state index is 12.5. The highest BCUT2D eigenvalue weighted by molar-refractivity contribution is 9.10. The molecule has 0 saturated carbocycles. The van der Waals surface area contributed by atoms with E-state index in [1.54, 1.807) is 0 Å². The van der Waals surface area contributed by atoms with Crippen molar-refractivity contribution in [2.24, 2.45) is 0 Å². The van der Waals surface area contributed by atoms with Gasteiger partial charge in [0.1, 0.15) is 0 Å². The second kappa shape index (κ2) is 7.27. The lowest BCUT2D eigenvalue weighted by Crippen LogP contribution is -2.31. The molecule has 2 aromatic rings. The zero-order chi connectivity index (χ0) is 16.2. The Morgan fingerprint density at radius 3 is 2.70 bits per heavy atom. The van der Waals surface area contributed by atoms with Crippen molar-refractivity contribution < 1.29 is 4.79 Å². The molecule has 1 aromatic carbocycles. The molecule has 0 bridgehead atoms. The third kappa shape index (κ3) is 3.48. The van der Waals surface area contributed by atoms with Crippen molar-refractivity contribution in [2.45, 2.75) is 25.7 Å². The highest BCUT2D eigenvalue weighted by Crippen LogP contribution is 2.27. The molecule has 2 N–H and O–H groups in total. The molecule has 1 aromatic heterocycles. The van der Waals surface area contributed by atoms with Gasteiger partial charge in [-0.1, -0.05) is 15.9 Å². The van der Waals surface area contributed by atoms with Crippen molar-refractivity contribution in [3.8, 4) is 5.69 Å². The number of halogens is 1. The van der Waals surface area contributed by atoms with Gasteiger partial charge >= 0.3 is 0 Å². The predicted molar refractivity (Wildman–Crippen MR) is 94.2 cm³/mol. The molecule has 1 heterocycles. The molecule has 1 aliphatic rings. The van der Waals surface area contributed by atoms with Gasteiger partial charge < -0.3 is 10.6 Å². The molecule has 3 rings (SSSR count). The van der Waals surface area contributed by atoms with Crippen LogP contribution in [0.4, 0.5) is 0 Å². The Morgan fingerprint density at radius 2 is 1.96 bits per heavy atom. The Bertz CT molecular complexity index is 693. The zero-order valence-electron chi connectivity index (χ0n) is 13.2. The quantitative estimate of drug-likeness (QED) is 0.788. The average Bonchev–Trinajstić information content (AvgIpc) is 2.95. The number of fused-ring (bicyclic) bond motifs is 1. The number of benzene rings is 1. The van der Waals surface area contributed by atoms with Crippen LogP contribution < -0.4 is 10.6 Å². The van der Waals surface area contributed by atoms with E-state index >= 15 is 0 Å². The number of hydrogen-bond acceptors (Lipinski definition) is 3. The van der Waals surface area contributed by atoms with E-state index in [-0.39, 0.29) is 5.91 Å². The summed E-state index contributed by atoms with van der Waals surface area (Å²) in [5, 5.41) is 10.6. The molecule has 0 saturated heterocycles. The van der Waals surface area contributed by atoms with E-state index in [4.69, 9.17) is 0 Å². The first-order valence-electron chi connectivity index (χ1n) is 8.00. The van der Waals surface area contributed by atoms with E-state index in [0.717, 1.165) is 48.0 Å². The molecule has 122 valence electrons. The first-order chi connectivity index (χ1) is 11.2. The van der Waals surface area contributed by atoms with Crippen LogP contribution in [0.25, 0.3) is 5.69 Å². The van der Waals surface area contributed by atoms with Crippen LogP contribution in [0, 0.1) is 0 Å². The van der Waals surface area contributed by atoms with Crippen molar-refractivity contribution in [3.05, 3.63) is 45.7 Å². The van der Waals surface area contributed by atoms with E-state index in [2.05, 4.69) is 31.7 Å². The summed E-state index contributed by atoms with van der Waals surface area (Å²) in [6, 6.07) is 8.04. The number of rotatable bonds is 5. The lowest BCUT2D eigenvalue weighted by molar-refractivity contribution is 0.0947. The lowest BCUT2D eigenvalue weighted by atomic mass is 9.95. The van der Waals surface area contributed by atoms with Gasteiger partial charge in [0.15, 0.2) is 5.69 Å². The molecule has 0 atom stereocenters. The van der Waals surface area contributed by atoms with Crippen molar-refractivity contribution >= 4 is 21.8 Å². The Hall–Kier alpha value is -1.66. The van der Waals surface area contributed by atoms with Gasteiger partial charge in [-0.3, -0.25) is 4.79 Å². The smallest absolute Gasteiger partial charge is 0.272 e. The first kappa shape index (κ1) is 16.2. The van der Waals surface area contributed by atoms with Crippen LogP contribution in [-0.4, -0.2) is 35.8 Å². The second-order valence-electron chi connectivity index (χ2n) is 5.73. The summed E-state index contributed by atoms with van der Waals surface area (Å²) in [6.45, 7) is 1.36. The second-order valence-corrected chi connectivity index (χ2v) is 6.64. The van der Waals surface area contributed by atoms with E-state index in [1.165, 1.54) is 5.69 Å². The van der Waals surface area contributed by atoms with Crippen LogP contribution in [0.2, 0.25) is 0 Å². The maximum atomic E-state index is 12.5. The first-order valence-corrected chi connectivity index (χ1v) is 8.79. The maximum Gasteiger partial charge on any atom is 0.272 e. The standard InChI is InChI=1S/C17H21BrN4O/c1-19-10-11-20-17(23)16-14-4-2-3-5-15(14)22(21-16)13-8-6-12(18)7-9-13/h6-9,19H,2-5,10-11H2,1H3,(H,20,23). The Labute approximate surface area is 144 Å². The minimum absolute atomic E-state index is 0.0748. The number of likely N-dealkylation sites (N-methyl/N-ethyl adjacent to an activating group) is 1. The van der Waals surface area contributed by atoms with Crippen LogP contribution in [0.15, 0.2) is 28.7 Å². The molecule has 1 amide bonds. The van der Waals surface area contributed by atoms with Gasteiger partial charge in [-0.05, 0) is 57.0 Å². The van der Waals surface area contributed by atoms with Gasteiger partial charge in [-0.25, -0.2) is 4.68 Å². The van der Waals surface area contributed by atoms with Crippen LogP contribution in [-0.2, 0) is 12.8 Å². The van der Waals surface area contributed by atoms with Crippen LogP contribution >= 0.6 is 15.9 Å². The number of carbonyl (C=O) groups is 1. The molecule has 6 heteroatoms. The summed E-state index contributed by atoms with van der Waals surface area (Å²) in [4.78, 5) is 12.5. The fourth-order valence-corrected chi connectivity index (χ4v) is 3.23. The third-order valence-electron chi connectivity index (χ3n) is 4.13. The van der Waals surface area contributed by atoms with Gasteiger partial charge in [0, 0.05) is 28.8 Å². The Balaban J connectivity index is 1.94. The highest BCUT2D eigenvalue weighted by Gasteiger charge is 2.25. The van der Waals surface area contributed by atoms with Gasteiger partial charge in [0.2, 0.25) is 0 Å². The predicted octanol–water partition coefficient (Wildman–Crippen LogP) is 2.46. The van der Waals surface area contributed by atoms with Crippen LogP contribution in [0.1, 0.15) is 34.6 Å². The van der Waals surface area contributed by atoms with E-state index < -0.39 is 0 Å². The molecule has 5 nitrogen and oxygen atoms in total. The summed E-state index contributed by atoms with van der Waals surface area (Å²) in [5.41, 5.74) is 3.87. The SMILES string of the molecule is CNCCNC(=O)c1nn(-c2ccc(Br)cc2)c2c1CCCC2. The number of aromatic nitrogens is 2. The molecule has 23 heavy (non-hydrogen) atoms. The third-order valence-corrected chi connectivity index (χ3v) is 4.66. The van der Waals surface area contributed by atoms with Gasteiger partial charge in [-0.15, -0.1) is 0 Å². The molecule has 0 spiro atoms.